The van der Waals surface area contributed by atoms with Gasteiger partial charge in [-0.1, -0.05) is 29.4 Å². The summed E-state index contributed by atoms with van der Waals surface area (Å²) in [6, 6.07) is 16.8. The quantitative estimate of drug-likeness (QED) is 0.457. The molecule has 6 nitrogen and oxygen atoms in total. The van der Waals surface area contributed by atoms with Gasteiger partial charge in [-0.05, 0) is 54.6 Å². The number of anilines is 1. The van der Waals surface area contributed by atoms with Gasteiger partial charge >= 0.3 is 0 Å². The van der Waals surface area contributed by atoms with Crippen molar-refractivity contribution in [2.45, 2.75) is 5.16 Å². The molecule has 4 aromatic rings. The number of hydrogen-bond donors (Lipinski definition) is 1. The first-order valence-electron chi connectivity index (χ1n) is 8.63. The minimum atomic E-state index is -0.408. The van der Waals surface area contributed by atoms with E-state index in [1.54, 1.807) is 24.3 Å². The van der Waals surface area contributed by atoms with E-state index in [9.17, 15) is 9.18 Å². The molecule has 1 amide bonds. The van der Waals surface area contributed by atoms with Crippen molar-refractivity contribution in [2.24, 2.45) is 0 Å². The lowest BCUT2D eigenvalue weighted by atomic mass is 10.3. The maximum atomic E-state index is 13.3. The molecule has 0 aliphatic rings. The van der Waals surface area contributed by atoms with Crippen LogP contribution in [0.1, 0.15) is 0 Å². The van der Waals surface area contributed by atoms with E-state index in [2.05, 4.69) is 15.5 Å². The van der Waals surface area contributed by atoms with Crippen molar-refractivity contribution < 1.29 is 9.18 Å². The fourth-order valence-electron chi connectivity index (χ4n) is 2.70. The topological polar surface area (TPSA) is 64.7 Å². The summed E-state index contributed by atoms with van der Waals surface area (Å²) >= 11 is 7.25. The summed E-state index contributed by atoms with van der Waals surface area (Å²) in [5.41, 5.74) is 1.22. The van der Waals surface area contributed by atoms with E-state index in [4.69, 9.17) is 11.6 Å². The molecule has 2 heterocycles. The predicted octanol–water partition coefficient (Wildman–Crippen LogP) is 4.58. The van der Waals surface area contributed by atoms with Crippen LogP contribution in [0.4, 0.5) is 10.1 Å². The Morgan fingerprint density at radius 2 is 1.83 bits per heavy atom. The molecule has 0 aliphatic carbocycles. The highest BCUT2D eigenvalue weighted by atomic mass is 35.5. The van der Waals surface area contributed by atoms with Crippen LogP contribution in [0.5, 0.6) is 0 Å². The van der Waals surface area contributed by atoms with Gasteiger partial charge in [-0.25, -0.2) is 4.39 Å². The molecule has 0 fully saturated rings. The predicted molar refractivity (Wildman–Crippen MR) is 111 cm³/mol. The lowest BCUT2D eigenvalue weighted by molar-refractivity contribution is -0.113. The summed E-state index contributed by atoms with van der Waals surface area (Å²) in [4.78, 5) is 12.3. The Bertz CT molecular complexity index is 1130. The van der Waals surface area contributed by atoms with Crippen LogP contribution in [0.25, 0.3) is 11.6 Å². The second kappa shape index (κ2) is 8.50. The highest BCUT2D eigenvalue weighted by molar-refractivity contribution is 7.99. The van der Waals surface area contributed by atoms with Gasteiger partial charge in [0.1, 0.15) is 5.82 Å². The monoisotopic (exact) mass is 427 g/mol. The van der Waals surface area contributed by atoms with Crippen LogP contribution in [0, 0.1) is 5.82 Å². The highest BCUT2D eigenvalue weighted by Crippen LogP contribution is 2.25. The number of carbonyl (C=O) groups is 1. The lowest BCUT2D eigenvalue weighted by Gasteiger charge is -2.11. The molecule has 0 saturated heterocycles. The first kappa shape index (κ1) is 19.2. The van der Waals surface area contributed by atoms with E-state index in [-0.39, 0.29) is 11.7 Å². The molecule has 0 saturated carbocycles. The van der Waals surface area contributed by atoms with Crippen LogP contribution in [0.3, 0.4) is 0 Å². The van der Waals surface area contributed by atoms with Gasteiger partial charge in [0, 0.05) is 23.1 Å². The van der Waals surface area contributed by atoms with E-state index in [0.717, 1.165) is 5.69 Å². The number of carbonyl (C=O) groups excluding carboxylic acids is 1. The zero-order valence-electron chi connectivity index (χ0n) is 15.0. The van der Waals surface area contributed by atoms with Gasteiger partial charge in [-0.3, -0.25) is 13.9 Å². The van der Waals surface area contributed by atoms with E-state index in [0.29, 0.717) is 21.8 Å². The normalized spacial score (nSPS) is 10.8. The summed E-state index contributed by atoms with van der Waals surface area (Å²) in [5, 5.41) is 12.4. The highest BCUT2D eigenvalue weighted by Gasteiger charge is 2.17. The third kappa shape index (κ3) is 4.49. The zero-order valence-corrected chi connectivity index (χ0v) is 16.6. The average molecular weight is 428 g/mol. The first-order chi connectivity index (χ1) is 14.1. The number of rotatable bonds is 6. The maximum Gasteiger partial charge on any atom is 0.240 e. The van der Waals surface area contributed by atoms with Gasteiger partial charge in [-0.15, -0.1) is 10.2 Å². The summed E-state index contributed by atoms with van der Waals surface area (Å²) in [7, 11) is 0. The van der Waals surface area contributed by atoms with Crippen molar-refractivity contribution in [1.82, 2.24) is 19.3 Å². The Morgan fingerprint density at radius 3 is 2.55 bits per heavy atom. The smallest absolute Gasteiger partial charge is 0.240 e. The maximum absolute atomic E-state index is 13.3. The van der Waals surface area contributed by atoms with Crippen molar-refractivity contribution in [3.05, 3.63) is 83.9 Å². The number of halogens is 2. The standard InChI is InChI=1S/C20H15ClFN5OS/c21-14-6-8-17(9-7-14)27-19(26-10-1-2-11-26)24-25-20(27)29-13-18(28)23-16-5-3-4-15(22)12-16/h1-12H,13H2,(H,23,28). The molecular formula is C20H15ClFN5OS. The second-order valence-corrected chi connectivity index (χ2v) is 7.41. The van der Waals surface area contributed by atoms with Crippen LogP contribution < -0.4 is 5.32 Å². The minimum absolute atomic E-state index is 0.0912. The van der Waals surface area contributed by atoms with Crippen LogP contribution >= 0.6 is 23.4 Å². The summed E-state index contributed by atoms with van der Waals surface area (Å²) in [5.74, 6) is 0.00177. The largest absolute Gasteiger partial charge is 0.325 e. The van der Waals surface area contributed by atoms with Crippen molar-refractivity contribution >= 4 is 35.0 Å². The number of thioether (sulfide) groups is 1. The van der Waals surface area contributed by atoms with Gasteiger partial charge in [0.2, 0.25) is 11.9 Å². The summed E-state index contributed by atoms with van der Waals surface area (Å²) in [6.07, 6.45) is 3.73. The Hall–Kier alpha value is -3.10. The van der Waals surface area contributed by atoms with Gasteiger partial charge in [0.25, 0.3) is 0 Å². The van der Waals surface area contributed by atoms with Crippen LogP contribution in [-0.4, -0.2) is 31.0 Å². The zero-order chi connectivity index (χ0) is 20.2. The Balaban J connectivity index is 1.57. The number of aromatic nitrogens is 4. The third-order valence-electron chi connectivity index (χ3n) is 3.98. The molecule has 1 N–H and O–H groups in total. The second-order valence-electron chi connectivity index (χ2n) is 6.03. The van der Waals surface area contributed by atoms with Crippen molar-refractivity contribution in [2.75, 3.05) is 11.1 Å². The van der Waals surface area contributed by atoms with Crippen LogP contribution in [-0.2, 0) is 4.79 Å². The molecule has 0 bridgehead atoms. The van der Waals surface area contributed by atoms with Crippen molar-refractivity contribution in [1.29, 1.82) is 0 Å². The van der Waals surface area contributed by atoms with Crippen molar-refractivity contribution in [3.8, 4) is 11.6 Å². The number of nitrogens with zero attached hydrogens (tertiary/aromatic N) is 4. The minimum Gasteiger partial charge on any atom is -0.325 e. The van der Waals surface area contributed by atoms with Gasteiger partial charge in [0.15, 0.2) is 5.16 Å². The lowest BCUT2D eigenvalue weighted by Crippen LogP contribution is -2.14. The number of amides is 1. The Labute approximate surface area is 175 Å². The molecule has 0 unspecified atom stereocenters. The molecule has 4 rings (SSSR count). The summed E-state index contributed by atoms with van der Waals surface area (Å²) < 4.78 is 17.0. The molecule has 0 aliphatic heterocycles. The third-order valence-corrected chi connectivity index (χ3v) is 5.16. The van der Waals surface area contributed by atoms with E-state index >= 15 is 0 Å². The van der Waals surface area contributed by atoms with E-state index in [1.165, 1.54) is 23.9 Å². The average Bonchev–Trinajstić information content (AvgIpc) is 3.37. The number of benzene rings is 2. The molecule has 0 radical (unpaired) electrons. The van der Waals surface area contributed by atoms with Crippen molar-refractivity contribution in [3.63, 3.8) is 0 Å². The molecule has 0 atom stereocenters. The summed E-state index contributed by atoms with van der Waals surface area (Å²) in [6.45, 7) is 0. The molecule has 2 aromatic carbocycles. The van der Waals surface area contributed by atoms with Crippen LogP contribution in [0.2, 0.25) is 5.02 Å². The molecule has 146 valence electrons. The SMILES string of the molecule is O=C(CSc1nnc(-n2cccc2)n1-c1ccc(Cl)cc1)Nc1cccc(F)c1. The van der Waals surface area contributed by atoms with Gasteiger partial charge in [-0.2, -0.15) is 0 Å². The Morgan fingerprint density at radius 1 is 1.07 bits per heavy atom. The fraction of sp³-hybridized carbons (Fsp3) is 0.0500. The van der Waals surface area contributed by atoms with E-state index < -0.39 is 5.82 Å². The van der Waals surface area contributed by atoms with Crippen LogP contribution in [0.15, 0.2) is 78.2 Å². The number of hydrogen-bond acceptors (Lipinski definition) is 4. The molecule has 0 spiro atoms. The van der Waals surface area contributed by atoms with Gasteiger partial charge in [0.05, 0.1) is 11.4 Å². The first-order valence-corrected chi connectivity index (χ1v) is 9.99. The van der Waals surface area contributed by atoms with E-state index in [1.807, 2.05) is 45.8 Å². The van der Waals surface area contributed by atoms with Gasteiger partial charge < -0.3 is 5.32 Å². The molecule has 29 heavy (non-hydrogen) atoms. The number of nitrogens with one attached hydrogen (secondary N) is 1. The molecule has 2 aromatic heterocycles. The Kier molecular flexibility index (Phi) is 5.64. The molecular weight excluding hydrogens is 413 g/mol. The molecule has 9 heteroatoms. The fourth-order valence-corrected chi connectivity index (χ4v) is 3.57.